The molecule has 1 heterocycles. The standard InChI is InChI=1S/C19H20INO3/c20-16-9-2-1-8-15(16)19(22)21-17-10-3-4-11-18(17)24-13-14-7-5-6-12-23-14/h1-4,8-11,14H,5-7,12-13H2,(H,21,22). The zero-order valence-corrected chi connectivity index (χ0v) is 15.5. The topological polar surface area (TPSA) is 47.6 Å². The summed E-state index contributed by atoms with van der Waals surface area (Å²) < 4.78 is 12.5. The summed E-state index contributed by atoms with van der Waals surface area (Å²) in [6, 6.07) is 15.0. The molecule has 0 aliphatic carbocycles. The quantitative estimate of drug-likeness (QED) is 0.702. The van der Waals surface area contributed by atoms with Crippen LogP contribution in [0, 0.1) is 3.57 Å². The number of carbonyl (C=O) groups is 1. The number of rotatable bonds is 5. The number of benzene rings is 2. The minimum Gasteiger partial charge on any atom is -0.489 e. The van der Waals surface area contributed by atoms with Crippen molar-refractivity contribution in [1.29, 1.82) is 0 Å². The molecule has 1 fully saturated rings. The number of halogens is 1. The smallest absolute Gasteiger partial charge is 0.256 e. The molecule has 1 saturated heterocycles. The van der Waals surface area contributed by atoms with E-state index in [-0.39, 0.29) is 12.0 Å². The Morgan fingerprint density at radius 2 is 1.96 bits per heavy atom. The molecular formula is C19H20INO3. The van der Waals surface area contributed by atoms with E-state index < -0.39 is 0 Å². The van der Waals surface area contributed by atoms with Crippen LogP contribution in [0.2, 0.25) is 0 Å². The van der Waals surface area contributed by atoms with Gasteiger partial charge in [-0.2, -0.15) is 0 Å². The van der Waals surface area contributed by atoms with Crippen molar-refractivity contribution in [2.45, 2.75) is 25.4 Å². The van der Waals surface area contributed by atoms with Gasteiger partial charge >= 0.3 is 0 Å². The van der Waals surface area contributed by atoms with Crippen LogP contribution in [0.5, 0.6) is 5.75 Å². The van der Waals surface area contributed by atoms with Gasteiger partial charge in [-0.25, -0.2) is 0 Å². The highest BCUT2D eigenvalue weighted by Gasteiger charge is 2.16. The zero-order chi connectivity index (χ0) is 16.8. The molecule has 2 aromatic rings. The Labute approximate surface area is 155 Å². The lowest BCUT2D eigenvalue weighted by Crippen LogP contribution is -2.26. The predicted octanol–water partition coefficient (Wildman–Crippen LogP) is 4.49. The summed E-state index contributed by atoms with van der Waals surface area (Å²) in [6.45, 7) is 1.31. The van der Waals surface area contributed by atoms with E-state index >= 15 is 0 Å². The molecule has 1 atom stereocenters. The second-order valence-corrected chi connectivity index (χ2v) is 6.89. The molecule has 0 saturated carbocycles. The summed E-state index contributed by atoms with van der Waals surface area (Å²) in [6.07, 6.45) is 3.46. The molecule has 1 amide bonds. The molecule has 0 radical (unpaired) electrons. The van der Waals surface area contributed by atoms with Crippen molar-refractivity contribution in [1.82, 2.24) is 0 Å². The Kier molecular flexibility index (Phi) is 6.09. The van der Waals surface area contributed by atoms with Gasteiger partial charge in [0.15, 0.2) is 0 Å². The van der Waals surface area contributed by atoms with Crippen molar-refractivity contribution < 1.29 is 14.3 Å². The monoisotopic (exact) mass is 437 g/mol. The summed E-state index contributed by atoms with van der Waals surface area (Å²) in [5.41, 5.74) is 1.33. The van der Waals surface area contributed by atoms with E-state index in [0.29, 0.717) is 23.6 Å². The lowest BCUT2D eigenvalue weighted by atomic mass is 10.1. The first-order valence-electron chi connectivity index (χ1n) is 8.13. The highest BCUT2D eigenvalue weighted by Crippen LogP contribution is 2.26. The van der Waals surface area contributed by atoms with Crippen LogP contribution in [0.15, 0.2) is 48.5 Å². The lowest BCUT2D eigenvalue weighted by molar-refractivity contribution is -0.0109. The number of nitrogens with one attached hydrogen (secondary N) is 1. The molecule has 0 spiro atoms. The van der Waals surface area contributed by atoms with E-state index in [0.717, 1.165) is 23.0 Å². The fourth-order valence-electron chi connectivity index (χ4n) is 2.65. The fourth-order valence-corrected chi connectivity index (χ4v) is 3.28. The molecule has 5 heteroatoms. The third-order valence-electron chi connectivity index (χ3n) is 3.95. The van der Waals surface area contributed by atoms with Crippen LogP contribution in [-0.4, -0.2) is 25.2 Å². The lowest BCUT2D eigenvalue weighted by Gasteiger charge is -2.23. The minimum atomic E-state index is -0.134. The van der Waals surface area contributed by atoms with Gasteiger partial charge in [0.05, 0.1) is 17.4 Å². The fraction of sp³-hybridized carbons (Fsp3) is 0.316. The Hall–Kier alpha value is -1.60. The molecule has 4 nitrogen and oxygen atoms in total. The van der Waals surface area contributed by atoms with E-state index in [4.69, 9.17) is 9.47 Å². The maximum atomic E-state index is 12.5. The van der Waals surface area contributed by atoms with Gasteiger partial charge in [0.2, 0.25) is 0 Å². The first kappa shape index (κ1) is 17.2. The average molecular weight is 437 g/mol. The number of anilines is 1. The number of carbonyl (C=O) groups excluding carboxylic acids is 1. The van der Waals surface area contributed by atoms with E-state index in [9.17, 15) is 4.79 Å². The van der Waals surface area contributed by atoms with Gasteiger partial charge in [-0.1, -0.05) is 24.3 Å². The van der Waals surface area contributed by atoms with E-state index in [2.05, 4.69) is 27.9 Å². The summed E-state index contributed by atoms with van der Waals surface area (Å²) in [5.74, 6) is 0.538. The highest BCUT2D eigenvalue weighted by atomic mass is 127. The van der Waals surface area contributed by atoms with Crippen LogP contribution >= 0.6 is 22.6 Å². The second-order valence-electron chi connectivity index (χ2n) is 5.73. The van der Waals surface area contributed by atoms with Gasteiger partial charge in [-0.15, -0.1) is 0 Å². The van der Waals surface area contributed by atoms with Gasteiger partial charge in [-0.3, -0.25) is 4.79 Å². The molecule has 24 heavy (non-hydrogen) atoms. The molecule has 1 unspecified atom stereocenters. The van der Waals surface area contributed by atoms with Crippen molar-refractivity contribution >= 4 is 34.2 Å². The van der Waals surface area contributed by atoms with Crippen molar-refractivity contribution in [2.24, 2.45) is 0 Å². The largest absolute Gasteiger partial charge is 0.489 e. The second kappa shape index (κ2) is 8.48. The Bertz CT molecular complexity index is 699. The summed E-state index contributed by atoms with van der Waals surface area (Å²) in [4.78, 5) is 12.5. The molecule has 0 bridgehead atoms. The van der Waals surface area contributed by atoms with E-state index in [1.54, 1.807) is 0 Å². The van der Waals surface area contributed by atoms with Gasteiger partial charge < -0.3 is 14.8 Å². The SMILES string of the molecule is O=C(Nc1ccccc1OCC1CCCCO1)c1ccccc1I. The third-order valence-corrected chi connectivity index (χ3v) is 4.89. The molecule has 0 aromatic heterocycles. The van der Waals surface area contributed by atoms with Crippen molar-refractivity contribution in [3.05, 3.63) is 57.7 Å². The molecule has 126 valence electrons. The molecule has 1 aliphatic rings. The molecule has 1 N–H and O–H groups in total. The zero-order valence-electron chi connectivity index (χ0n) is 13.3. The summed E-state index contributed by atoms with van der Waals surface area (Å²) in [7, 11) is 0. The van der Waals surface area contributed by atoms with Gasteiger partial charge in [-0.05, 0) is 66.1 Å². The third kappa shape index (κ3) is 4.48. The van der Waals surface area contributed by atoms with Crippen LogP contribution in [0.3, 0.4) is 0 Å². The van der Waals surface area contributed by atoms with Gasteiger partial charge in [0, 0.05) is 10.2 Å². The average Bonchev–Trinajstić information content (AvgIpc) is 2.62. The number of ether oxygens (including phenoxy) is 2. The number of para-hydroxylation sites is 2. The summed E-state index contributed by atoms with van der Waals surface area (Å²) in [5, 5.41) is 2.95. The normalized spacial score (nSPS) is 17.3. The molecule has 3 rings (SSSR count). The van der Waals surface area contributed by atoms with Gasteiger partial charge in [0.25, 0.3) is 5.91 Å². The van der Waals surface area contributed by atoms with Crippen LogP contribution in [0.1, 0.15) is 29.6 Å². The highest BCUT2D eigenvalue weighted by molar-refractivity contribution is 14.1. The van der Waals surface area contributed by atoms with E-state index in [1.165, 1.54) is 6.42 Å². The Morgan fingerprint density at radius 3 is 2.75 bits per heavy atom. The van der Waals surface area contributed by atoms with Crippen molar-refractivity contribution in [2.75, 3.05) is 18.5 Å². The van der Waals surface area contributed by atoms with Crippen LogP contribution < -0.4 is 10.1 Å². The number of amides is 1. The number of hydrogen-bond acceptors (Lipinski definition) is 3. The van der Waals surface area contributed by atoms with Crippen molar-refractivity contribution in [3.8, 4) is 5.75 Å². The Morgan fingerprint density at radius 1 is 1.17 bits per heavy atom. The Balaban J connectivity index is 1.67. The summed E-state index contributed by atoms with van der Waals surface area (Å²) >= 11 is 2.16. The minimum absolute atomic E-state index is 0.134. The molecule has 2 aromatic carbocycles. The van der Waals surface area contributed by atoms with E-state index in [1.807, 2.05) is 48.5 Å². The van der Waals surface area contributed by atoms with Crippen LogP contribution in [-0.2, 0) is 4.74 Å². The van der Waals surface area contributed by atoms with Gasteiger partial charge in [0.1, 0.15) is 12.4 Å². The van der Waals surface area contributed by atoms with Crippen LogP contribution in [0.25, 0.3) is 0 Å². The van der Waals surface area contributed by atoms with Crippen LogP contribution in [0.4, 0.5) is 5.69 Å². The first-order valence-corrected chi connectivity index (χ1v) is 9.21. The maximum Gasteiger partial charge on any atom is 0.256 e. The first-order chi connectivity index (χ1) is 11.7. The predicted molar refractivity (Wildman–Crippen MR) is 103 cm³/mol. The molecule has 1 aliphatic heterocycles. The van der Waals surface area contributed by atoms with Crippen molar-refractivity contribution in [3.63, 3.8) is 0 Å². The maximum absolute atomic E-state index is 12.5. The number of hydrogen-bond donors (Lipinski definition) is 1. The molecular weight excluding hydrogens is 417 g/mol.